The first kappa shape index (κ1) is 11.8. The van der Waals surface area contributed by atoms with Gasteiger partial charge in [-0.3, -0.25) is 0 Å². The summed E-state index contributed by atoms with van der Waals surface area (Å²) in [4.78, 5) is 9.92. The average Bonchev–Trinajstić information content (AvgIpc) is 1.99. The molecule has 5 nitrogen and oxygen atoms in total. The van der Waals surface area contributed by atoms with E-state index in [1.54, 1.807) is 11.8 Å². The Kier molecular flexibility index (Phi) is 3.74. The van der Waals surface area contributed by atoms with Crippen molar-refractivity contribution < 1.29 is 0 Å². The Balaban J connectivity index is 0.00000144. The van der Waals surface area contributed by atoms with E-state index in [1.807, 2.05) is 14.1 Å². The van der Waals surface area contributed by atoms with Crippen LogP contribution in [0.2, 0.25) is 0 Å². The van der Waals surface area contributed by atoms with Gasteiger partial charge in [-0.15, -0.1) is 12.4 Å². The summed E-state index contributed by atoms with van der Waals surface area (Å²) in [5.74, 6) is 0.922. The third-order valence-corrected chi connectivity index (χ3v) is 1.55. The maximum Gasteiger partial charge on any atom is 0.227 e. The second-order valence-electron chi connectivity index (χ2n) is 2.80. The Bertz CT molecular complexity index is 276. The molecule has 0 spiro atoms. The van der Waals surface area contributed by atoms with Crippen molar-refractivity contribution in [2.45, 2.75) is 6.92 Å². The van der Waals surface area contributed by atoms with Crippen LogP contribution < -0.4 is 16.4 Å². The molecular formula is C7H14ClN5. The van der Waals surface area contributed by atoms with Crippen LogP contribution in [-0.2, 0) is 0 Å². The molecule has 1 heterocycles. The maximum atomic E-state index is 5.58. The van der Waals surface area contributed by atoms with E-state index in [9.17, 15) is 0 Å². The SMILES string of the molecule is Cc1nc(N(C)C)nc(N)c1N.Cl. The van der Waals surface area contributed by atoms with Crippen LogP contribution in [0.3, 0.4) is 0 Å². The van der Waals surface area contributed by atoms with Crippen LogP contribution >= 0.6 is 12.4 Å². The Hall–Kier alpha value is -1.23. The summed E-state index contributed by atoms with van der Waals surface area (Å²) in [6.07, 6.45) is 0. The van der Waals surface area contributed by atoms with Gasteiger partial charge in [0.25, 0.3) is 0 Å². The molecule has 1 aromatic heterocycles. The number of aryl methyl sites for hydroxylation is 1. The zero-order valence-electron chi connectivity index (χ0n) is 7.90. The number of halogens is 1. The van der Waals surface area contributed by atoms with E-state index in [0.717, 1.165) is 0 Å². The van der Waals surface area contributed by atoms with Gasteiger partial charge in [-0.25, -0.2) is 4.98 Å². The predicted molar refractivity (Wildman–Crippen MR) is 57.2 cm³/mol. The highest BCUT2D eigenvalue weighted by molar-refractivity contribution is 5.85. The standard InChI is InChI=1S/C7H13N5.ClH/c1-4-5(8)6(9)11-7(10-4)12(2)3;/h8H2,1-3H3,(H2,9,10,11);1H. The summed E-state index contributed by atoms with van der Waals surface area (Å²) in [6.45, 7) is 1.81. The molecule has 0 amide bonds. The first-order valence-corrected chi connectivity index (χ1v) is 3.59. The lowest BCUT2D eigenvalue weighted by Gasteiger charge is -2.12. The molecule has 1 rings (SSSR count). The van der Waals surface area contributed by atoms with Gasteiger partial charge in [-0.2, -0.15) is 4.98 Å². The summed E-state index contributed by atoms with van der Waals surface area (Å²) < 4.78 is 0. The van der Waals surface area contributed by atoms with E-state index in [0.29, 0.717) is 23.1 Å². The number of rotatable bonds is 1. The maximum absolute atomic E-state index is 5.58. The van der Waals surface area contributed by atoms with Gasteiger partial charge in [0.1, 0.15) is 0 Å². The predicted octanol–water partition coefficient (Wildman–Crippen LogP) is 0.437. The van der Waals surface area contributed by atoms with Crippen LogP contribution in [0.5, 0.6) is 0 Å². The number of nitrogens with two attached hydrogens (primary N) is 2. The lowest BCUT2D eigenvalue weighted by Crippen LogP contribution is -2.15. The van der Waals surface area contributed by atoms with E-state index in [2.05, 4.69) is 9.97 Å². The van der Waals surface area contributed by atoms with Gasteiger partial charge >= 0.3 is 0 Å². The molecule has 0 aromatic carbocycles. The first-order valence-electron chi connectivity index (χ1n) is 3.59. The van der Waals surface area contributed by atoms with E-state index in [1.165, 1.54) is 0 Å². The summed E-state index contributed by atoms with van der Waals surface area (Å²) in [6, 6.07) is 0. The Morgan fingerprint density at radius 1 is 1.15 bits per heavy atom. The lowest BCUT2D eigenvalue weighted by atomic mass is 10.3. The minimum atomic E-state index is 0. The number of aromatic nitrogens is 2. The largest absolute Gasteiger partial charge is 0.394 e. The van der Waals surface area contributed by atoms with E-state index in [4.69, 9.17) is 11.5 Å². The van der Waals surface area contributed by atoms with Crippen LogP contribution in [0.1, 0.15) is 5.69 Å². The first-order chi connectivity index (χ1) is 5.52. The third kappa shape index (κ3) is 2.35. The fourth-order valence-corrected chi connectivity index (χ4v) is 0.789. The molecule has 0 saturated carbocycles. The van der Waals surface area contributed by atoms with Crippen molar-refractivity contribution in [1.82, 2.24) is 9.97 Å². The van der Waals surface area contributed by atoms with Crippen molar-refractivity contribution >= 4 is 29.9 Å². The van der Waals surface area contributed by atoms with Crippen LogP contribution in [0.25, 0.3) is 0 Å². The van der Waals surface area contributed by atoms with E-state index in [-0.39, 0.29) is 12.4 Å². The number of hydrogen-bond acceptors (Lipinski definition) is 5. The van der Waals surface area contributed by atoms with Crippen molar-refractivity contribution in [1.29, 1.82) is 0 Å². The zero-order chi connectivity index (χ0) is 9.30. The molecule has 0 unspecified atom stereocenters. The molecule has 0 saturated heterocycles. The summed E-state index contributed by atoms with van der Waals surface area (Å²) in [5, 5.41) is 0. The van der Waals surface area contributed by atoms with Crippen LogP contribution in [0.4, 0.5) is 17.5 Å². The van der Waals surface area contributed by atoms with Crippen LogP contribution in [0, 0.1) is 6.92 Å². The van der Waals surface area contributed by atoms with Crippen molar-refractivity contribution in [3.8, 4) is 0 Å². The number of nitrogen functional groups attached to an aromatic ring is 2. The number of anilines is 3. The number of nitrogens with zero attached hydrogens (tertiary/aromatic N) is 3. The molecule has 0 atom stereocenters. The van der Waals surface area contributed by atoms with Gasteiger partial charge in [0, 0.05) is 14.1 Å². The molecule has 0 aliphatic rings. The minimum absolute atomic E-state index is 0. The monoisotopic (exact) mass is 203 g/mol. The van der Waals surface area contributed by atoms with Crippen molar-refractivity contribution in [3.05, 3.63) is 5.69 Å². The minimum Gasteiger partial charge on any atom is -0.394 e. The van der Waals surface area contributed by atoms with Crippen LogP contribution in [-0.4, -0.2) is 24.1 Å². The normalized spacial score (nSPS) is 9.15. The molecule has 0 radical (unpaired) electrons. The highest BCUT2D eigenvalue weighted by Crippen LogP contribution is 2.17. The second kappa shape index (κ2) is 4.13. The second-order valence-corrected chi connectivity index (χ2v) is 2.80. The average molecular weight is 204 g/mol. The molecular weight excluding hydrogens is 190 g/mol. The lowest BCUT2D eigenvalue weighted by molar-refractivity contribution is 0.985. The highest BCUT2D eigenvalue weighted by atomic mass is 35.5. The van der Waals surface area contributed by atoms with Gasteiger partial charge in [-0.05, 0) is 6.92 Å². The fourth-order valence-electron chi connectivity index (χ4n) is 0.789. The quantitative estimate of drug-likeness (QED) is 0.692. The zero-order valence-corrected chi connectivity index (χ0v) is 8.72. The smallest absolute Gasteiger partial charge is 0.227 e. The van der Waals surface area contributed by atoms with Gasteiger partial charge in [0.15, 0.2) is 5.82 Å². The summed E-state index contributed by atoms with van der Waals surface area (Å²) >= 11 is 0. The Morgan fingerprint density at radius 3 is 2.08 bits per heavy atom. The van der Waals surface area contributed by atoms with Gasteiger partial charge in [-0.1, -0.05) is 0 Å². The molecule has 13 heavy (non-hydrogen) atoms. The Morgan fingerprint density at radius 2 is 1.69 bits per heavy atom. The molecule has 1 aromatic rings. The van der Waals surface area contributed by atoms with Crippen LogP contribution in [0.15, 0.2) is 0 Å². The Labute approximate surface area is 83.6 Å². The molecule has 0 bridgehead atoms. The van der Waals surface area contributed by atoms with E-state index >= 15 is 0 Å². The molecule has 4 N–H and O–H groups in total. The summed E-state index contributed by atoms with van der Waals surface area (Å²) in [5.41, 5.74) is 12.3. The highest BCUT2D eigenvalue weighted by Gasteiger charge is 2.06. The van der Waals surface area contributed by atoms with Gasteiger partial charge in [0.2, 0.25) is 5.95 Å². The van der Waals surface area contributed by atoms with Crippen molar-refractivity contribution in [2.24, 2.45) is 0 Å². The van der Waals surface area contributed by atoms with Gasteiger partial charge in [0.05, 0.1) is 11.4 Å². The van der Waals surface area contributed by atoms with Crippen molar-refractivity contribution in [2.75, 3.05) is 30.5 Å². The topological polar surface area (TPSA) is 81.1 Å². The summed E-state index contributed by atoms with van der Waals surface area (Å²) in [7, 11) is 3.70. The fraction of sp³-hybridized carbons (Fsp3) is 0.429. The van der Waals surface area contributed by atoms with Gasteiger partial charge < -0.3 is 16.4 Å². The van der Waals surface area contributed by atoms with Crippen molar-refractivity contribution in [3.63, 3.8) is 0 Å². The molecule has 0 aliphatic heterocycles. The van der Waals surface area contributed by atoms with E-state index < -0.39 is 0 Å². The third-order valence-electron chi connectivity index (χ3n) is 1.55. The molecule has 0 aliphatic carbocycles. The molecule has 6 heteroatoms. The molecule has 74 valence electrons. The number of hydrogen-bond donors (Lipinski definition) is 2. The molecule has 0 fully saturated rings.